The second kappa shape index (κ2) is 2.76. The zero-order chi connectivity index (χ0) is 9.41. The van der Waals surface area contributed by atoms with Crippen molar-refractivity contribution in [2.24, 2.45) is 10.8 Å². The van der Waals surface area contributed by atoms with Crippen LogP contribution in [0.25, 0.3) is 0 Å². The first-order valence-corrected chi connectivity index (χ1v) is 4.72. The van der Waals surface area contributed by atoms with Gasteiger partial charge in [-0.05, 0) is 17.3 Å². The Hall–Kier alpha value is -0.520. The molecule has 0 amide bonds. The van der Waals surface area contributed by atoms with Crippen LogP contribution in [0, 0.1) is 10.8 Å². The first-order valence-electron chi connectivity index (χ1n) is 4.72. The Morgan fingerprint density at radius 2 is 1.67 bits per heavy atom. The van der Waals surface area contributed by atoms with E-state index in [0.29, 0.717) is 10.8 Å². The molecule has 1 rings (SSSR count). The van der Waals surface area contributed by atoms with E-state index < -0.39 is 0 Å². The number of rotatable bonds is 1. The van der Waals surface area contributed by atoms with Gasteiger partial charge in [0.05, 0.1) is 0 Å². The second-order valence-electron chi connectivity index (χ2n) is 5.20. The summed E-state index contributed by atoms with van der Waals surface area (Å²) in [6, 6.07) is 0. The van der Waals surface area contributed by atoms with Crippen LogP contribution in [0.2, 0.25) is 0 Å². The summed E-state index contributed by atoms with van der Waals surface area (Å²) in [6.07, 6.45) is 7.82. The molecular weight excluding hydrogens is 144 g/mol. The Morgan fingerprint density at radius 1 is 1.08 bits per heavy atom. The standard InChI is InChI=1S/C12H20/c1-11(2,3)12(4,5)10-8-6-7-9-10/h6-8H,9H2,1-5H3. The summed E-state index contributed by atoms with van der Waals surface area (Å²) in [4.78, 5) is 0. The molecule has 0 aromatic carbocycles. The van der Waals surface area contributed by atoms with Crippen LogP contribution in [0.4, 0.5) is 0 Å². The Bertz CT molecular complexity index is 221. The van der Waals surface area contributed by atoms with Crippen LogP contribution in [-0.2, 0) is 0 Å². The molecule has 0 bridgehead atoms. The largest absolute Gasteiger partial charge is 0.0804 e. The molecule has 0 nitrogen and oxygen atoms in total. The van der Waals surface area contributed by atoms with Gasteiger partial charge in [-0.3, -0.25) is 0 Å². The van der Waals surface area contributed by atoms with Crippen LogP contribution in [0.3, 0.4) is 0 Å². The quantitative estimate of drug-likeness (QED) is 0.550. The van der Waals surface area contributed by atoms with Gasteiger partial charge in [0.15, 0.2) is 0 Å². The van der Waals surface area contributed by atoms with Crippen molar-refractivity contribution in [3.63, 3.8) is 0 Å². The van der Waals surface area contributed by atoms with Gasteiger partial charge in [-0.25, -0.2) is 0 Å². The highest BCUT2D eigenvalue weighted by Gasteiger charge is 2.35. The van der Waals surface area contributed by atoms with Gasteiger partial charge >= 0.3 is 0 Å². The van der Waals surface area contributed by atoms with Crippen molar-refractivity contribution in [2.45, 2.75) is 41.0 Å². The monoisotopic (exact) mass is 164 g/mol. The van der Waals surface area contributed by atoms with E-state index in [2.05, 4.69) is 52.8 Å². The SMILES string of the molecule is CC(C)(C)C(C)(C)C1=CC=CC1. The minimum absolute atomic E-state index is 0.316. The van der Waals surface area contributed by atoms with Crippen LogP contribution in [0.1, 0.15) is 41.0 Å². The van der Waals surface area contributed by atoms with Crippen LogP contribution >= 0.6 is 0 Å². The third-order valence-electron chi connectivity index (χ3n) is 3.45. The minimum Gasteiger partial charge on any atom is -0.0804 e. The molecule has 0 spiro atoms. The van der Waals surface area contributed by atoms with Crippen LogP contribution in [0.5, 0.6) is 0 Å². The molecule has 0 radical (unpaired) electrons. The fourth-order valence-corrected chi connectivity index (χ4v) is 1.39. The average molecular weight is 164 g/mol. The van der Waals surface area contributed by atoms with Gasteiger partial charge < -0.3 is 0 Å². The predicted molar refractivity (Wildman–Crippen MR) is 55.1 cm³/mol. The molecule has 68 valence electrons. The molecule has 0 heterocycles. The highest BCUT2D eigenvalue weighted by Crippen LogP contribution is 2.46. The lowest BCUT2D eigenvalue weighted by molar-refractivity contribution is 0.175. The van der Waals surface area contributed by atoms with E-state index in [-0.39, 0.29) is 0 Å². The van der Waals surface area contributed by atoms with Gasteiger partial charge in [0, 0.05) is 0 Å². The number of hydrogen-bond donors (Lipinski definition) is 0. The number of hydrogen-bond acceptors (Lipinski definition) is 0. The van der Waals surface area contributed by atoms with E-state index in [9.17, 15) is 0 Å². The van der Waals surface area contributed by atoms with E-state index in [4.69, 9.17) is 0 Å². The van der Waals surface area contributed by atoms with Crippen molar-refractivity contribution in [1.82, 2.24) is 0 Å². The summed E-state index contributed by atoms with van der Waals surface area (Å²) in [5.41, 5.74) is 2.23. The third-order valence-corrected chi connectivity index (χ3v) is 3.45. The molecule has 0 saturated carbocycles. The van der Waals surface area contributed by atoms with Gasteiger partial charge in [0.2, 0.25) is 0 Å². The smallest absolute Gasteiger partial charge is 0.00900 e. The second-order valence-corrected chi connectivity index (χ2v) is 5.20. The van der Waals surface area contributed by atoms with Gasteiger partial charge in [0.1, 0.15) is 0 Å². The Morgan fingerprint density at radius 3 is 2.00 bits per heavy atom. The van der Waals surface area contributed by atoms with Gasteiger partial charge in [-0.15, -0.1) is 0 Å². The van der Waals surface area contributed by atoms with E-state index in [0.717, 1.165) is 6.42 Å². The third kappa shape index (κ3) is 1.48. The first kappa shape index (κ1) is 9.57. The average Bonchev–Trinajstić information content (AvgIpc) is 2.34. The van der Waals surface area contributed by atoms with Crippen LogP contribution in [-0.4, -0.2) is 0 Å². The van der Waals surface area contributed by atoms with Crippen molar-refractivity contribution < 1.29 is 0 Å². The molecule has 0 unspecified atom stereocenters. The molecule has 0 aromatic rings. The van der Waals surface area contributed by atoms with Crippen LogP contribution in [0.15, 0.2) is 23.8 Å². The van der Waals surface area contributed by atoms with Crippen molar-refractivity contribution in [3.8, 4) is 0 Å². The van der Waals surface area contributed by atoms with E-state index in [1.165, 1.54) is 0 Å². The summed E-state index contributed by atoms with van der Waals surface area (Å²) >= 11 is 0. The van der Waals surface area contributed by atoms with Crippen molar-refractivity contribution in [3.05, 3.63) is 23.8 Å². The maximum absolute atomic E-state index is 2.34. The Kier molecular flexibility index (Phi) is 2.20. The molecule has 0 aliphatic heterocycles. The predicted octanol–water partition coefficient (Wildman–Crippen LogP) is 3.95. The summed E-state index contributed by atoms with van der Waals surface area (Å²) < 4.78 is 0. The normalized spacial score (nSPS) is 18.2. The highest BCUT2D eigenvalue weighted by atomic mass is 14.4. The fourth-order valence-electron chi connectivity index (χ4n) is 1.39. The van der Waals surface area contributed by atoms with Crippen molar-refractivity contribution in [2.75, 3.05) is 0 Å². The molecule has 0 atom stereocenters. The summed E-state index contributed by atoms with van der Waals surface area (Å²) in [5, 5.41) is 0. The molecule has 12 heavy (non-hydrogen) atoms. The van der Waals surface area contributed by atoms with Gasteiger partial charge in [0.25, 0.3) is 0 Å². The molecule has 1 aliphatic rings. The lowest BCUT2D eigenvalue weighted by atomic mass is 9.64. The summed E-state index contributed by atoms with van der Waals surface area (Å²) in [5.74, 6) is 0. The highest BCUT2D eigenvalue weighted by molar-refractivity contribution is 5.29. The summed E-state index contributed by atoms with van der Waals surface area (Å²) in [7, 11) is 0. The maximum atomic E-state index is 2.34. The van der Waals surface area contributed by atoms with Gasteiger partial charge in [-0.1, -0.05) is 58.4 Å². The Balaban J connectivity index is 2.86. The van der Waals surface area contributed by atoms with E-state index in [1.54, 1.807) is 5.57 Å². The zero-order valence-corrected chi connectivity index (χ0v) is 8.94. The maximum Gasteiger partial charge on any atom is -0.00900 e. The van der Waals surface area contributed by atoms with E-state index >= 15 is 0 Å². The molecule has 0 N–H and O–H groups in total. The molecule has 0 heteroatoms. The lowest BCUT2D eigenvalue weighted by Gasteiger charge is -2.40. The van der Waals surface area contributed by atoms with Crippen molar-refractivity contribution in [1.29, 1.82) is 0 Å². The lowest BCUT2D eigenvalue weighted by Crippen LogP contribution is -2.31. The molecule has 0 fully saturated rings. The number of allylic oxidation sites excluding steroid dienone is 4. The van der Waals surface area contributed by atoms with Gasteiger partial charge in [-0.2, -0.15) is 0 Å². The first-order chi connectivity index (χ1) is 5.36. The van der Waals surface area contributed by atoms with Crippen molar-refractivity contribution >= 4 is 0 Å². The zero-order valence-electron chi connectivity index (χ0n) is 8.94. The molecule has 0 aromatic heterocycles. The van der Waals surface area contributed by atoms with E-state index in [1.807, 2.05) is 0 Å². The molecule has 1 aliphatic carbocycles. The summed E-state index contributed by atoms with van der Waals surface area (Å²) in [6.45, 7) is 11.6. The topological polar surface area (TPSA) is 0 Å². The minimum atomic E-state index is 0.316. The fraction of sp³-hybridized carbons (Fsp3) is 0.667. The van der Waals surface area contributed by atoms with Crippen LogP contribution < -0.4 is 0 Å². The molecule has 0 saturated heterocycles. The molecular formula is C12H20. The Labute approximate surface area is 76.4 Å².